The molecule has 0 saturated carbocycles. The molecule has 3 rings (SSSR count). The van der Waals surface area contributed by atoms with Crippen LogP contribution in [-0.2, 0) is 13.1 Å². The molecule has 0 bridgehead atoms. The van der Waals surface area contributed by atoms with Crippen LogP contribution in [0.4, 0.5) is 0 Å². The van der Waals surface area contributed by atoms with Gasteiger partial charge in [-0.2, -0.15) is 0 Å². The van der Waals surface area contributed by atoms with Crippen LogP contribution in [0.3, 0.4) is 0 Å². The zero-order valence-electron chi connectivity index (χ0n) is 14.7. The number of nitrogens with zero attached hydrogens (tertiary/aromatic N) is 2. The number of benzene rings is 1. The van der Waals surface area contributed by atoms with Crippen molar-refractivity contribution in [1.82, 2.24) is 9.88 Å². The Balaban J connectivity index is 1.88. The molecule has 6 heteroatoms. The zero-order chi connectivity index (χ0) is 18.4. The van der Waals surface area contributed by atoms with Crippen LogP contribution < -0.4 is 9.47 Å². The average molecular weight is 352 g/mol. The molecule has 0 radical (unpaired) electrons. The number of furan rings is 1. The van der Waals surface area contributed by atoms with Crippen LogP contribution in [0, 0.1) is 0 Å². The Hall–Kier alpha value is -3.28. The van der Waals surface area contributed by atoms with Gasteiger partial charge in [0.1, 0.15) is 5.76 Å². The summed E-state index contributed by atoms with van der Waals surface area (Å²) < 4.78 is 16.0. The van der Waals surface area contributed by atoms with E-state index in [1.54, 1.807) is 62.0 Å². The third kappa shape index (κ3) is 4.03. The topological polar surface area (TPSA) is 64.8 Å². The second-order valence-corrected chi connectivity index (χ2v) is 5.67. The monoisotopic (exact) mass is 352 g/mol. The lowest BCUT2D eigenvalue weighted by Crippen LogP contribution is -2.30. The van der Waals surface area contributed by atoms with Gasteiger partial charge in [0.05, 0.1) is 27.0 Å². The van der Waals surface area contributed by atoms with E-state index >= 15 is 0 Å². The van der Waals surface area contributed by atoms with Crippen LogP contribution in [0.2, 0.25) is 0 Å². The molecule has 0 saturated heterocycles. The van der Waals surface area contributed by atoms with E-state index in [0.717, 1.165) is 5.56 Å². The van der Waals surface area contributed by atoms with Gasteiger partial charge in [-0.1, -0.05) is 6.07 Å². The molecule has 0 aliphatic heterocycles. The molecule has 0 fully saturated rings. The zero-order valence-corrected chi connectivity index (χ0v) is 14.7. The first-order chi connectivity index (χ1) is 12.7. The number of carbonyl (C=O) groups excluding carboxylic acids is 1. The van der Waals surface area contributed by atoms with Crippen molar-refractivity contribution < 1.29 is 18.7 Å². The number of aromatic nitrogens is 1. The molecule has 2 aromatic heterocycles. The van der Waals surface area contributed by atoms with Gasteiger partial charge < -0.3 is 18.8 Å². The predicted molar refractivity (Wildman–Crippen MR) is 96.1 cm³/mol. The summed E-state index contributed by atoms with van der Waals surface area (Å²) >= 11 is 0. The predicted octanol–water partition coefficient (Wildman–Crippen LogP) is 3.53. The van der Waals surface area contributed by atoms with Crippen molar-refractivity contribution in [1.29, 1.82) is 0 Å². The minimum absolute atomic E-state index is 0.133. The van der Waals surface area contributed by atoms with Crippen LogP contribution in [0.5, 0.6) is 11.5 Å². The van der Waals surface area contributed by atoms with Crippen molar-refractivity contribution in [2.24, 2.45) is 0 Å². The number of carbonyl (C=O) groups is 1. The normalized spacial score (nSPS) is 10.4. The highest BCUT2D eigenvalue weighted by molar-refractivity contribution is 5.94. The Morgan fingerprint density at radius 3 is 2.58 bits per heavy atom. The molecule has 0 unspecified atom stereocenters. The molecule has 0 spiro atoms. The number of amides is 1. The summed E-state index contributed by atoms with van der Waals surface area (Å²) in [7, 11) is 3.10. The molecule has 0 aliphatic rings. The summed E-state index contributed by atoms with van der Waals surface area (Å²) in [5.74, 6) is 1.67. The van der Waals surface area contributed by atoms with Gasteiger partial charge in [0.15, 0.2) is 11.5 Å². The number of ether oxygens (including phenoxy) is 2. The van der Waals surface area contributed by atoms with Gasteiger partial charge >= 0.3 is 0 Å². The molecule has 0 N–H and O–H groups in total. The van der Waals surface area contributed by atoms with E-state index in [1.807, 2.05) is 18.2 Å². The fourth-order valence-corrected chi connectivity index (χ4v) is 2.65. The van der Waals surface area contributed by atoms with E-state index in [2.05, 4.69) is 4.98 Å². The van der Waals surface area contributed by atoms with Crippen molar-refractivity contribution in [3.63, 3.8) is 0 Å². The second kappa shape index (κ2) is 8.20. The van der Waals surface area contributed by atoms with Crippen LogP contribution in [0.15, 0.2) is 65.5 Å². The molecule has 6 nitrogen and oxygen atoms in total. The van der Waals surface area contributed by atoms with Gasteiger partial charge in [0, 0.05) is 24.5 Å². The smallest absolute Gasteiger partial charge is 0.254 e. The quantitative estimate of drug-likeness (QED) is 0.651. The average Bonchev–Trinajstić information content (AvgIpc) is 3.20. The van der Waals surface area contributed by atoms with Crippen molar-refractivity contribution >= 4 is 5.91 Å². The van der Waals surface area contributed by atoms with Gasteiger partial charge in [-0.05, 0) is 42.0 Å². The van der Waals surface area contributed by atoms with E-state index in [4.69, 9.17) is 13.9 Å². The maximum Gasteiger partial charge on any atom is 0.254 e. The van der Waals surface area contributed by atoms with Gasteiger partial charge in [0.25, 0.3) is 5.91 Å². The minimum atomic E-state index is -0.133. The Bertz CT molecular complexity index is 848. The second-order valence-electron chi connectivity index (χ2n) is 5.67. The molecule has 1 amide bonds. The third-order valence-electron chi connectivity index (χ3n) is 3.94. The highest BCUT2D eigenvalue weighted by Crippen LogP contribution is 2.28. The molecule has 1 aromatic carbocycles. The first kappa shape index (κ1) is 17.5. The van der Waals surface area contributed by atoms with Crippen LogP contribution in [0.25, 0.3) is 0 Å². The van der Waals surface area contributed by atoms with Crippen molar-refractivity contribution in [2.45, 2.75) is 13.1 Å². The molecule has 0 aliphatic carbocycles. The lowest BCUT2D eigenvalue weighted by Gasteiger charge is -2.22. The van der Waals surface area contributed by atoms with Crippen LogP contribution >= 0.6 is 0 Å². The SMILES string of the molecule is COc1ccc(C(=O)N(Cc2cccnc2)Cc2ccco2)cc1OC. The first-order valence-corrected chi connectivity index (χ1v) is 8.14. The van der Waals surface area contributed by atoms with E-state index in [0.29, 0.717) is 35.9 Å². The molecule has 134 valence electrons. The molecule has 0 atom stereocenters. The molecule has 2 heterocycles. The van der Waals surface area contributed by atoms with E-state index in [9.17, 15) is 4.79 Å². The molecular weight excluding hydrogens is 332 g/mol. The summed E-state index contributed by atoms with van der Waals surface area (Å²) in [6.07, 6.45) is 5.05. The van der Waals surface area contributed by atoms with Gasteiger partial charge in [-0.3, -0.25) is 9.78 Å². The van der Waals surface area contributed by atoms with Gasteiger partial charge in [-0.25, -0.2) is 0 Å². The summed E-state index contributed by atoms with van der Waals surface area (Å²) in [5.41, 5.74) is 1.45. The van der Waals surface area contributed by atoms with Crippen LogP contribution in [-0.4, -0.2) is 30.0 Å². The summed E-state index contributed by atoms with van der Waals surface area (Å²) in [4.78, 5) is 18.9. The standard InChI is InChI=1S/C20H20N2O4/c1-24-18-8-7-16(11-19(18)25-2)20(23)22(14-17-6-4-10-26-17)13-15-5-3-9-21-12-15/h3-12H,13-14H2,1-2H3. The first-order valence-electron chi connectivity index (χ1n) is 8.14. The van der Waals surface area contributed by atoms with E-state index in [1.165, 1.54) is 0 Å². The maximum atomic E-state index is 13.1. The third-order valence-corrected chi connectivity index (χ3v) is 3.94. The fraction of sp³-hybridized carbons (Fsp3) is 0.200. The Labute approximate surface area is 152 Å². The molecule has 26 heavy (non-hydrogen) atoms. The number of hydrogen-bond acceptors (Lipinski definition) is 5. The van der Waals surface area contributed by atoms with Gasteiger partial charge in [0.2, 0.25) is 0 Å². The summed E-state index contributed by atoms with van der Waals surface area (Å²) in [6.45, 7) is 0.775. The van der Waals surface area contributed by atoms with E-state index in [-0.39, 0.29) is 5.91 Å². The maximum absolute atomic E-state index is 13.1. The number of methoxy groups -OCH3 is 2. The highest BCUT2D eigenvalue weighted by atomic mass is 16.5. The highest BCUT2D eigenvalue weighted by Gasteiger charge is 2.19. The molecular formula is C20H20N2O4. The Kier molecular flexibility index (Phi) is 5.53. The molecule has 3 aromatic rings. The number of rotatable bonds is 7. The van der Waals surface area contributed by atoms with Crippen molar-refractivity contribution in [3.05, 3.63) is 78.0 Å². The van der Waals surface area contributed by atoms with Gasteiger partial charge in [-0.15, -0.1) is 0 Å². The van der Waals surface area contributed by atoms with Crippen molar-refractivity contribution in [2.75, 3.05) is 14.2 Å². The number of pyridine rings is 1. The fourth-order valence-electron chi connectivity index (χ4n) is 2.65. The van der Waals surface area contributed by atoms with Crippen LogP contribution in [0.1, 0.15) is 21.7 Å². The minimum Gasteiger partial charge on any atom is -0.493 e. The van der Waals surface area contributed by atoms with Crippen molar-refractivity contribution in [3.8, 4) is 11.5 Å². The van der Waals surface area contributed by atoms with E-state index < -0.39 is 0 Å². The summed E-state index contributed by atoms with van der Waals surface area (Å²) in [5, 5.41) is 0. The largest absolute Gasteiger partial charge is 0.493 e. The summed E-state index contributed by atoms with van der Waals surface area (Å²) in [6, 6.07) is 12.6. The lowest BCUT2D eigenvalue weighted by atomic mass is 10.1. The number of hydrogen-bond donors (Lipinski definition) is 0. The lowest BCUT2D eigenvalue weighted by molar-refractivity contribution is 0.0717. The Morgan fingerprint density at radius 2 is 1.92 bits per heavy atom. The Morgan fingerprint density at radius 1 is 1.08 bits per heavy atom.